The molecule has 0 atom stereocenters. The fourth-order valence-electron chi connectivity index (χ4n) is 1.96. The lowest BCUT2D eigenvalue weighted by molar-refractivity contribution is 0.302. The number of nitrogens with two attached hydrogens (primary N) is 1. The van der Waals surface area contributed by atoms with Crippen LogP contribution in [-0.2, 0) is 6.61 Å². The summed E-state index contributed by atoms with van der Waals surface area (Å²) in [6, 6.07) is 10.8. The van der Waals surface area contributed by atoms with Crippen LogP contribution in [0.2, 0.25) is 0 Å². The Morgan fingerprint density at radius 2 is 1.61 bits per heavy atom. The monoisotopic (exact) mass is 243 g/mol. The van der Waals surface area contributed by atoms with E-state index in [1.54, 1.807) is 12.1 Å². The van der Waals surface area contributed by atoms with Crippen LogP contribution in [0.5, 0.6) is 11.5 Å². The highest BCUT2D eigenvalue weighted by atomic mass is 16.5. The molecule has 2 rings (SSSR count). The molecule has 94 valence electrons. The zero-order valence-corrected chi connectivity index (χ0v) is 10.6. The van der Waals surface area contributed by atoms with Gasteiger partial charge in [-0.25, -0.2) is 0 Å². The third kappa shape index (κ3) is 2.74. The standard InChI is InChI=1S/C15H17NO2/c1-10-7-13(16)8-11(2)15(10)18-9-12-3-5-14(17)6-4-12/h3-8,17H,9,16H2,1-2H3. The van der Waals surface area contributed by atoms with Crippen molar-refractivity contribution in [2.45, 2.75) is 20.5 Å². The smallest absolute Gasteiger partial charge is 0.125 e. The maximum atomic E-state index is 9.21. The number of phenols is 1. The molecule has 0 aliphatic carbocycles. The van der Waals surface area contributed by atoms with Crippen LogP contribution in [-0.4, -0.2) is 5.11 Å². The summed E-state index contributed by atoms with van der Waals surface area (Å²) in [5.74, 6) is 1.14. The summed E-state index contributed by atoms with van der Waals surface area (Å²) in [5, 5.41) is 9.21. The molecule has 3 N–H and O–H groups in total. The lowest BCUT2D eigenvalue weighted by Gasteiger charge is -2.13. The molecule has 2 aromatic rings. The van der Waals surface area contributed by atoms with Crippen molar-refractivity contribution in [2.75, 3.05) is 5.73 Å². The molecule has 0 amide bonds. The molecule has 18 heavy (non-hydrogen) atoms. The molecular weight excluding hydrogens is 226 g/mol. The van der Waals surface area contributed by atoms with E-state index in [1.165, 1.54) is 0 Å². The molecule has 0 heterocycles. The van der Waals surface area contributed by atoms with Gasteiger partial charge in [0.25, 0.3) is 0 Å². The van der Waals surface area contributed by atoms with Crippen molar-refractivity contribution < 1.29 is 9.84 Å². The van der Waals surface area contributed by atoms with E-state index < -0.39 is 0 Å². The summed E-state index contributed by atoms with van der Waals surface area (Å²) >= 11 is 0. The number of benzene rings is 2. The minimum Gasteiger partial charge on any atom is -0.508 e. The van der Waals surface area contributed by atoms with E-state index in [9.17, 15) is 5.11 Å². The van der Waals surface area contributed by atoms with Crippen molar-refractivity contribution in [3.63, 3.8) is 0 Å². The van der Waals surface area contributed by atoms with Crippen molar-refractivity contribution in [2.24, 2.45) is 0 Å². The Morgan fingerprint density at radius 1 is 1.06 bits per heavy atom. The summed E-state index contributed by atoms with van der Waals surface area (Å²) in [7, 11) is 0. The minimum absolute atomic E-state index is 0.263. The van der Waals surface area contributed by atoms with Gasteiger partial charge in [0.2, 0.25) is 0 Å². The second-order valence-corrected chi connectivity index (χ2v) is 4.44. The molecule has 0 fully saturated rings. The molecule has 0 spiro atoms. The van der Waals surface area contributed by atoms with E-state index >= 15 is 0 Å². The molecule has 0 radical (unpaired) electrons. The first kappa shape index (κ1) is 12.3. The molecule has 3 heteroatoms. The van der Waals surface area contributed by atoms with Crippen LogP contribution in [0.4, 0.5) is 5.69 Å². The van der Waals surface area contributed by atoms with E-state index in [4.69, 9.17) is 10.5 Å². The second-order valence-electron chi connectivity index (χ2n) is 4.44. The third-order valence-electron chi connectivity index (χ3n) is 2.80. The predicted molar refractivity (Wildman–Crippen MR) is 72.8 cm³/mol. The van der Waals surface area contributed by atoms with Gasteiger partial charge in [0.15, 0.2) is 0 Å². The van der Waals surface area contributed by atoms with Gasteiger partial charge in [-0.15, -0.1) is 0 Å². The number of hydrogen-bond acceptors (Lipinski definition) is 3. The Bertz CT molecular complexity index is 524. The van der Waals surface area contributed by atoms with Crippen LogP contribution >= 0.6 is 0 Å². The normalized spacial score (nSPS) is 10.3. The maximum absolute atomic E-state index is 9.21. The molecule has 0 aromatic heterocycles. The van der Waals surface area contributed by atoms with Crippen molar-refractivity contribution in [1.82, 2.24) is 0 Å². The Kier molecular flexibility index (Phi) is 3.42. The number of aryl methyl sites for hydroxylation is 2. The number of nitrogen functional groups attached to an aromatic ring is 1. The number of anilines is 1. The predicted octanol–water partition coefficient (Wildman–Crippen LogP) is 3.17. The van der Waals surface area contributed by atoms with Gasteiger partial charge >= 0.3 is 0 Å². The van der Waals surface area contributed by atoms with Crippen LogP contribution in [0.3, 0.4) is 0 Å². The van der Waals surface area contributed by atoms with E-state index in [2.05, 4.69) is 0 Å². The van der Waals surface area contributed by atoms with Crippen LogP contribution in [0.1, 0.15) is 16.7 Å². The molecule has 0 saturated carbocycles. The van der Waals surface area contributed by atoms with Gasteiger partial charge in [-0.3, -0.25) is 0 Å². The lowest BCUT2D eigenvalue weighted by Crippen LogP contribution is -2.00. The summed E-state index contributed by atoms with van der Waals surface area (Å²) in [5.41, 5.74) is 9.61. The molecule has 2 aromatic carbocycles. The topological polar surface area (TPSA) is 55.5 Å². The maximum Gasteiger partial charge on any atom is 0.125 e. The molecular formula is C15H17NO2. The molecule has 0 aliphatic heterocycles. The summed E-state index contributed by atoms with van der Waals surface area (Å²) < 4.78 is 5.81. The first-order chi connectivity index (χ1) is 8.56. The van der Waals surface area contributed by atoms with E-state index in [-0.39, 0.29) is 5.75 Å². The molecule has 0 unspecified atom stereocenters. The quantitative estimate of drug-likeness (QED) is 0.814. The minimum atomic E-state index is 0.263. The van der Waals surface area contributed by atoms with Crippen LogP contribution in [0.15, 0.2) is 36.4 Å². The summed E-state index contributed by atoms with van der Waals surface area (Å²) in [4.78, 5) is 0. The molecule has 0 aliphatic rings. The average molecular weight is 243 g/mol. The third-order valence-corrected chi connectivity index (χ3v) is 2.80. The highest BCUT2D eigenvalue weighted by molar-refractivity contribution is 5.52. The number of aromatic hydroxyl groups is 1. The fourth-order valence-corrected chi connectivity index (χ4v) is 1.96. The summed E-state index contributed by atoms with van der Waals surface area (Å²) in [6.45, 7) is 4.44. The van der Waals surface area contributed by atoms with E-state index in [0.717, 1.165) is 28.1 Å². The first-order valence-electron chi connectivity index (χ1n) is 5.83. The van der Waals surface area contributed by atoms with Gasteiger partial charge in [0.1, 0.15) is 18.1 Å². The SMILES string of the molecule is Cc1cc(N)cc(C)c1OCc1ccc(O)cc1. The molecule has 3 nitrogen and oxygen atoms in total. The van der Waals surface area contributed by atoms with Crippen LogP contribution in [0, 0.1) is 13.8 Å². The Labute approximate surface area is 107 Å². The van der Waals surface area contributed by atoms with Crippen molar-refractivity contribution in [3.8, 4) is 11.5 Å². The van der Waals surface area contributed by atoms with Gasteiger partial charge in [-0.1, -0.05) is 12.1 Å². The Hall–Kier alpha value is -2.16. The number of ether oxygens (including phenoxy) is 1. The zero-order chi connectivity index (χ0) is 13.1. The summed E-state index contributed by atoms with van der Waals surface area (Å²) in [6.07, 6.45) is 0. The Balaban J connectivity index is 2.13. The van der Waals surface area contributed by atoms with Crippen LogP contribution in [0.25, 0.3) is 0 Å². The highest BCUT2D eigenvalue weighted by Crippen LogP contribution is 2.26. The van der Waals surface area contributed by atoms with Crippen LogP contribution < -0.4 is 10.5 Å². The average Bonchev–Trinajstić information content (AvgIpc) is 2.30. The van der Waals surface area contributed by atoms with Crippen molar-refractivity contribution in [3.05, 3.63) is 53.1 Å². The highest BCUT2D eigenvalue weighted by Gasteiger charge is 2.05. The first-order valence-corrected chi connectivity index (χ1v) is 5.83. The van der Waals surface area contributed by atoms with E-state index in [0.29, 0.717) is 6.61 Å². The van der Waals surface area contributed by atoms with Gasteiger partial charge in [0, 0.05) is 5.69 Å². The lowest BCUT2D eigenvalue weighted by atomic mass is 10.1. The fraction of sp³-hybridized carbons (Fsp3) is 0.200. The number of phenolic OH excluding ortho intramolecular Hbond substituents is 1. The van der Waals surface area contributed by atoms with Gasteiger partial charge < -0.3 is 15.6 Å². The molecule has 0 bridgehead atoms. The van der Waals surface area contributed by atoms with Gasteiger partial charge in [-0.2, -0.15) is 0 Å². The van der Waals surface area contributed by atoms with Gasteiger partial charge in [-0.05, 0) is 54.8 Å². The van der Waals surface area contributed by atoms with Gasteiger partial charge in [0.05, 0.1) is 0 Å². The second kappa shape index (κ2) is 5.00. The number of hydrogen-bond donors (Lipinski definition) is 2. The Morgan fingerprint density at radius 3 is 2.17 bits per heavy atom. The van der Waals surface area contributed by atoms with E-state index in [1.807, 2.05) is 38.1 Å². The number of rotatable bonds is 3. The zero-order valence-electron chi connectivity index (χ0n) is 10.6. The van der Waals surface area contributed by atoms with Crippen molar-refractivity contribution in [1.29, 1.82) is 0 Å². The molecule has 0 saturated heterocycles. The largest absolute Gasteiger partial charge is 0.508 e. The van der Waals surface area contributed by atoms with Crippen molar-refractivity contribution >= 4 is 5.69 Å².